The van der Waals surface area contributed by atoms with Gasteiger partial charge >= 0.3 is 5.97 Å². The molecular weight excluding hydrogens is 395 g/mol. The van der Waals surface area contributed by atoms with Gasteiger partial charge in [-0.1, -0.05) is 6.92 Å². The van der Waals surface area contributed by atoms with Gasteiger partial charge in [-0.05, 0) is 41.1 Å². The van der Waals surface area contributed by atoms with E-state index >= 15 is 0 Å². The summed E-state index contributed by atoms with van der Waals surface area (Å²) >= 11 is 3.19. The number of carbonyl (C=O) groups is 3. The Bertz CT molecular complexity index is 639. The Morgan fingerprint density at radius 1 is 1.36 bits per heavy atom. The fraction of sp³-hybridized carbons (Fsp3) is 0.471. The SMILES string of the molecule is CCN(CC(C)C(=O)OC)C(=O)CCNC(=O)c1cc(F)ccc1Br. The number of nitrogens with one attached hydrogen (secondary N) is 1. The minimum absolute atomic E-state index is 0.0837. The van der Waals surface area contributed by atoms with Gasteiger partial charge in [-0.25, -0.2) is 4.39 Å². The number of ether oxygens (including phenoxy) is 1. The Kier molecular flexibility index (Phi) is 8.54. The van der Waals surface area contributed by atoms with Crippen molar-refractivity contribution in [2.24, 2.45) is 5.92 Å². The summed E-state index contributed by atoms with van der Waals surface area (Å²) < 4.78 is 18.3. The van der Waals surface area contributed by atoms with Crippen LogP contribution in [0.4, 0.5) is 4.39 Å². The summed E-state index contributed by atoms with van der Waals surface area (Å²) in [7, 11) is 1.30. The van der Waals surface area contributed by atoms with Crippen LogP contribution in [0, 0.1) is 11.7 Å². The molecule has 0 fully saturated rings. The maximum Gasteiger partial charge on any atom is 0.310 e. The summed E-state index contributed by atoms with van der Waals surface area (Å²) in [6.45, 7) is 4.31. The van der Waals surface area contributed by atoms with E-state index in [0.29, 0.717) is 11.0 Å². The van der Waals surface area contributed by atoms with Gasteiger partial charge in [0.1, 0.15) is 5.82 Å². The van der Waals surface area contributed by atoms with Crippen LogP contribution in [0.25, 0.3) is 0 Å². The van der Waals surface area contributed by atoms with Crippen LogP contribution in [0.3, 0.4) is 0 Å². The summed E-state index contributed by atoms with van der Waals surface area (Å²) in [6, 6.07) is 3.81. The molecular formula is C17H22BrFN2O4. The Hall–Kier alpha value is -1.96. The summed E-state index contributed by atoms with van der Waals surface area (Å²) in [5.41, 5.74) is 0.166. The van der Waals surface area contributed by atoms with E-state index in [1.54, 1.807) is 6.92 Å². The third-order valence-corrected chi connectivity index (χ3v) is 4.32. The lowest BCUT2D eigenvalue weighted by molar-refractivity contribution is -0.146. The summed E-state index contributed by atoms with van der Waals surface area (Å²) in [6.07, 6.45) is 0.0837. The lowest BCUT2D eigenvalue weighted by Gasteiger charge is -2.23. The van der Waals surface area contributed by atoms with Gasteiger partial charge in [0, 0.05) is 30.5 Å². The molecule has 1 N–H and O–H groups in total. The molecule has 1 atom stereocenters. The van der Waals surface area contributed by atoms with Crippen LogP contribution in [-0.4, -0.2) is 49.4 Å². The first-order valence-electron chi connectivity index (χ1n) is 7.89. The molecule has 0 bridgehead atoms. The molecule has 0 spiro atoms. The van der Waals surface area contributed by atoms with Crippen LogP contribution < -0.4 is 5.32 Å². The number of hydrogen-bond acceptors (Lipinski definition) is 4. The van der Waals surface area contributed by atoms with Crippen LogP contribution in [0.2, 0.25) is 0 Å². The van der Waals surface area contributed by atoms with Crippen LogP contribution in [-0.2, 0) is 14.3 Å². The molecule has 8 heteroatoms. The number of benzene rings is 1. The third kappa shape index (κ3) is 6.45. The van der Waals surface area contributed by atoms with Gasteiger partial charge in [0.2, 0.25) is 5.91 Å². The summed E-state index contributed by atoms with van der Waals surface area (Å²) in [5, 5.41) is 2.59. The summed E-state index contributed by atoms with van der Waals surface area (Å²) in [5.74, 6) is -1.97. The van der Waals surface area contributed by atoms with Crippen molar-refractivity contribution in [1.29, 1.82) is 0 Å². The monoisotopic (exact) mass is 416 g/mol. The fourth-order valence-electron chi connectivity index (χ4n) is 2.22. The average molecular weight is 417 g/mol. The van der Waals surface area contributed by atoms with Crippen molar-refractivity contribution in [3.63, 3.8) is 0 Å². The predicted molar refractivity (Wildman–Crippen MR) is 94.5 cm³/mol. The van der Waals surface area contributed by atoms with Crippen LogP contribution >= 0.6 is 15.9 Å². The zero-order valence-corrected chi connectivity index (χ0v) is 16.1. The zero-order chi connectivity index (χ0) is 19.0. The number of esters is 1. The Labute approximate surface area is 154 Å². The minimum Gasteiger partial charge on any atom is -0.469 e. The molecule has 6 nitrogen and oxygen atoms in total. The van der Waals surface area contributed by atoms with Crippen LogP contribution in [0.15, 0.2) is 22.7 Å². The largest absolute Gasteiger partial charge is 0.469 e. The third-order valence-electron chi connectivity index (χ3n) is 3.63. The van der Waals surface area contributed by atoms with Crippen molar-refractivity contribution in [3.8, 4) is 0 Å². The zero-order valence-electron chi connectivity index (χ0n) is 14.5. The van der Waals surface area contributed by atoms with E-state index < -0.39 is 17.6 Å². The molecule has 0 radical (unpaired) electrons. The molecule has 0 aliphatic rings. The molecule has 0 saturated heterocycles. The van der Waals surface area contributed by atoms with Crippen molar-refractivity contribution in [1.82, 2.24) is 10.2 Å². The molecule has 0 saturated carbocycles. The number of halogens is 2. The molecule has 0 aliphatic carbocycles. The molecule has 2 amide bonds. The Balaban J connectivity index is 2.53. The van der Waals surface area contributed by atoms with Crippen LogP contribution in [0.5, 0.6) is 0 Å². The highest BCUT2D eigenvalue weighted by molar-refractivity contribution is 9.10. The van der Waals surface area contributed by atoms with E-state index in [-0.39, 0.29) is 37.0 Å². The van der Waals surface area contributed by atoms with Crippen molar-refractivity contribution in [2.45, 2.75) is 20.3 Å². The number of hydrogen-bond donors (Lipinski definition) is 1. The quantitative estimate of drug-likeness (QED) is 0.659. The second-order valence-electron chi connectivity index (χ2n) is 5.49. The number of carbonyl (C=O) groups excluding carboxylic acids is 3. The van der Waals surface area contributed by atoms with Gasteiger partial charge in [-0.15, -0.1) is 0 Å². The van der Waals surface area contributed by atoms with E-state index in [1.165, 1.54) is 24.1 Å². The highest BCUT2D eigenvalue weighted by Crippen LogP contribution is 2.17. The molecule has 1 unspecified atom stereocenters. The molecule has 0 aromatic heterocycles. The van der Waals surface area contributed by atoms with Gasteiger partial charge in [-0.3, -0.25) is 14.4 Å². The molecule has 138 valence electrons. The normalized spacial score (nSPS) is 11.6. The van der Waals surface area contributed by atoms with Crippen molar-refractivity contribution in [3.05, 3.63) is 34.1 Å². The van der Waals surface area contributed by atoms with Gasteiger partial charge in [0.25, 0.3) is 5.91 Å². The number of rotatable bonds is 8. The van der Waals surface area contributed by atoms with E-state index in [2.05, 4.69) is 26.0 Å². The molecule has 1 aromatic rings. The van der Waals surface area contributed by atoms with Gasteiger partial charge < -0.3 is 15.0 Å². The molecule has 1 aromatic carbocycles. The molecule has 25 heavy (non-hydrogen) atoms. The average Bonchev–Trinajstić information content (AvgIpc) is 2.60. The van der Waals surface area contributed by atoms with Gasteiger partial charge in [0.15, 0.2) is 0 Å². The van der Waals surface area contributed by atoms with E-state index in [1.807, 2.05) is 6.92 Å². The molecule has 1 rings (SSSR count). The maximum atomic E-state index is 13.2. The van der Waals surface area contributed by atoms with Gasteiger partial charge in [-0.2, -0.15) is 0 Å². The minimum atomic E-state index is -0.515. The van der Waals surface area contributed by atoms with E-state index in [9.17, 15) is 18.8 Å². The molecule has 0 aliphatic heterocycles. The van der Waals surface area contributed by atoms with Crippen molar-refractivity contribution >= 4 is 33.7 Å². The van der Waals surface area contributed by atoms with Gasteiger partial charge in [0.05, 0.1) is 18.6 Å². The highest BCUT2D eigenvalue weighted by Gasteiger charge is 2.20. The number of nitrogens with zero attached hydrogens (tertiary/aromatic N) is 1. The second kappa shape index (κ2) is 10.1. The highest BCUT2D eigenvalue weighted by atomic mass is 79.9. The second-order valence-corrected chi connectivity index (χ2v) is 6.34. The maximum absolute atomic E-state index is 13.2. The lowest BCUT2D eigenvalue weighted by atomic mass is 10.1. The first-order chi connectivity index (χ1) is 11.8. The smallest absolute Gasteiger partial charge is 0.310 e. The van der Waals surface area contributed by atoms with Crippen LogP contribution in [0.1, 0.15) is 30.6 Å². The fourth-order valence-corrected chi connectivity index (χ4v) is 2.65. The lowest BCUT2D eigenvalue weighted by Crippen LogP contribution is -2.38. The Morgan fingerprint density at radius 2 is 2.04 bits per heavy atom. The first-order valence-corrected chi connectivity index (χ1v) is 8.68. The standard InChI is InChI=1S/C17H22BrFN2O4/c1-4-21(10-11(2)17(24)25-3)15(22)7-8-20-16(23)13-9-12(19)5-6-14(13)18/h5-6,9,11H,4,7-8,10H2,1-3H3,(H,20,23). The van der Waals surface area contributed by atoms with E-state index in [0.717, 1.165) is 6.07 Å². The topological polar surface area (TPSA) is 75.7 Å². The number of methoxy groups -OCH3 is 1. The number of amides is 2. The predicted octanol–water partition coefficient (Wildman–Crippen LogP) is 2.37. The van der Waals surface area contributed by atoms with Crippen molar-refractivity contribution < 1.29 is 23.5 Å². The van der Waals surface area contributed by atoms with E-state index in [4.69, 9.17) is 0 Å². The van der Waals surface area contributed by atoms with Crippen molar-refractivity contribution in [2.75, 3.05) is 26.7 Å². The Morgan fingerprint density at radius 3 is 2.64 bits per heavy atom. The first kappa shape index (κ1) is 21.1. The molecule has 0 heterocycles. The summed E-state index contributed by atoms with van der Waals surface area (Å²) in [4.78, 5) is 37.3.